The first-order valence-corrected chi connectivity index (χ1v) is 14.8. The van der Waals surface area contributed by atoms with Gasteiger partial charge in [0.25, 0.3) is 0 Å². The molecular weight excluding hydrogens is 588 g/mol. The van der Waals surface area contributed by atoms with Gasteiger partial charge in [0.2, 0.25) is 17.7 Å². The lowest BCUT2D eigenvalue weighted by Gasteiger charge is -2.24. The number of carboxylic acid groups (broad SMARTS) is 1. The standard InChI is InChI=1S/C30H33ClN8O5/c31-23-7-10-26(39-19-32-35-36-39)22(16-23)6-11-27(40)34-25(29(42)33-24-8-4-21(5-9-24)30(43)44)17-28(41)38-13-1-12-37(14-15-38)18-20-2-3-20/h4-11,16,19-20,25H,1-3,12-15,17-18H2,(H,33,42)(H,34,40)(H,43,44)/b11-6+/t25-/m0/s1. The molecule has 2 aromatic carbocycles. The van der Waals surface area contributed by atoms with Gasteiger partial charge in [-0.2, -0.15) is 4.68 Å². The third-order valence-corrected chi connectivity index (χ3v) is 7.80. The van der Waals surface area contributed by atoms with E-state index in [1.54, 1.807) is 23.1 Å². The summed E-state index contributed by atoms with van der Waals surface area (Å²) in [6.07, 6.45) is 7.29. The van der Waals surface area contributed by atoms with Gasteiger partial charge in [-0.15, -0.1) is 5.10 Å². The number of anilines is 1. The van der Waals surface area contributed by atoms with Crippen LogP contribution in [0.25, 0.3) is 11.8 Å². The summed E-state index contributed by atoms with van der Waals surface area (Å²) in [5, 5.41) is 26.1. The van der Waals surface area contributed by atoms with Crippen LogP contribution in [0.4, 0.5) is 5.69 Å². The summed E-state index contributed by atoms with van der Waals surface area (Å²) < 4.78 is 1.42. The normalized spacial score (nSPS) is 16.3. The van der Waals surface area contributed by atoms with E-state index in [9.17, 15) is 19.2 Å². The van der Waals surface area contributed by atoms with Gasteiger partial charge in [0.15, 0.2) is 0 Å². The Morgan fingerprint density at radius 1 is 1.05 bits per heavy atom. The molecule has 1 saturated heterocycles. The second kappa shape index (κ2) is 14.2. The molecular formula is C30H33ClN8O5. The van der Waals surface area contributed by atoms with Crippen molar-refractivity contribution in [2.45, 2.75) is 31.7 Å². The second-order valence-electron chi connectivity index (χ2n) is 10.9. The molecule has 2 heterocycles. The van der Waals surface area contributed by atoms with Crippen molar-refractivity contribution in [2.75, 3.05) is 38.0 Å². The lowest BCUT2D eigenvalue weighted by atomic mass is 10.1. The Morgan fingerprint density at radius 3 is 2.55 bits per heavy atom. The number of carboxylic acids is 1. The van der Waals surface area contributed by atoms with Crippen LogP contribution >= 0.6 is 11.6 Å². The number of carbonyl (C=O) groups excluding carboxylic acids is 3. The van der Waals surface area contributed by atoms with E-state index in [2.05, 4.69) is 31.1 Å². The van der Waals surface area contributed by atoms with Crippen LogP contribution in [0.5, 0.6) is 0 Å². The van der Waals surface area contributed by atoms with E-state index in [0.29, 0.717) is 35.1 Å². The van der Waals surface area contributed by atoms with Crippen LogP contribution in [-0.4, -0.2) is 97.6 Å². The fourth-order valence-electron chi connectivity index (χ4n) is 5.03. The molecule has 0 radical (unpaired) electrons. The van der Waals surface area contributed by atoms with E-state index in [0.717, 1.165) is 32.0 Å². The average Bonchev–Trinajstić information content (AvgIpc) is 3.72. The highest BCUT2D eigenvalue weighted by Crippen LogP contribution is 2.30. The summed E-state index contributed by atoms with van der Waals surface area (Å²) in [5.74, 6) is -1.78. The number of nitrogens with zero attached hydrogens (tertiary/aromatic N) is 6. The van der Waals surface area contributed by atoms with Crippen molar-refractivity contribution in [1.29, 1.82) is 0 Å². The first-order chi connectivity index (χ1) is 21.2. The summed E-state index contributed by atoms with van der Waals surface area (Å²) in [6.45, 7) is 3.88. The number of amides is 3. The topological polar surface area (TPSA) is 163 Å². The molecule has 2 aliphatic rings. The monoisotopic (exact) mass is 620 g/mol. The second-order valence-corrected chi connectivity index (χ2v) is 11.3. The van der Waals surface area contributed by atoms with Gasteiger partial charge >= 0.3 is 5.97 Å². The Balaban J connectivity index is 1.29. The van der Waals surface area contributed by atoms with E-state index in [4.69, 9.17) is 16.7 Å². The fourth-order valence-corrected chi connectivity index (χ4v) is 5.21. The van der Waals surface area contributed by atoms with E-state index in [1.165, 1.54) is 60.3 Å². The highest BCUT2D eigenvalue weighted by Gasteiger charge is 2.29. The van der Waals surface area contributed by atoms with Crippen molar-refractivity contribution in [2.24, 2.45) is 5.92 Å². The molecule has 0 spiro atoms. The van der Waals surface area contributed by atoms with Gasteiger partial charge in [-0.3, -0.25) is 14.4 Å². The zero-order valence-corrected chi connectivity index (χ0v) is 24.7. The van der Waals surface area contributed by atoms with Crippen LogP contribution in [0.2, 0.25) is 5.02 Å². The maximum absolute atomic E-state index is 13.4. The quantitative estimate of drug-likeness (QED) is 0.273. The summed E-state index contributed by atoms with van der Waals surface area (Å²) in [7, 11) is 0. The van der Waals surface area contributed by atoms with Crippen LogP contribution in [0.3, 0.4) is 0 Å². The molecule has 2 fully saturated rings. The van der Waals surface area contributed by atoms with E-state index < -0.39 is 23.8 Å². The van der Waals surface area contributed by atoms with Gasteiger partial charge in [-0.05, 0) is 90.7 Å². The Bertz CT molecular complexity index is 1520. The average molecular weight is 621 g/mol. The zero-order valence-electron chi connectivity index (χ0n) is 23.9. The summed E-state index contributed by atoms with van der Waals surface area (Å²) in [6, 6.07) is 9.43. The van der Waals surface area contributed by atoms with Crippen molar-refractivity contribution in [3.63, 3.8) is 0 Å². The molecule has 3 aromatic rings. The van der Waals surface area contributed by atoms with Crippen LogP contribution in [0.1, 0.15) is 41.6 Å². The first kappa shape index (κ1) is 30.8. The number of nitrogens with one attached hydrogen (secondary N) is 2. The van der Waals surface area contributed by atoms with Crippen LogP contribution < -0.4 is 10.6 Å². The lowest BCUT2D eigenvalue weighted by molar-refractivity contribution is -0.134. The van der Waals surface area contributed by atoms with E-state index in [1.807, 2.05) is 0 Å². The molecule has 1 atom stereocenters. The van der Waals surface area contributed by atoms with E-state index in [-0.39, 0.29) is 17.9 Å². The Hall–Kier alpha value is -4.62. The van der Waals surface area contributed by atoms with Gasteiger partial charge in [-0.1, -0.05) is 11.6 Å². The van der Waals surface area contributed by atoms with E-state index >= 15 is 0 Å². The highest BCUT2D eigenvalue weighted by molar-refractivity contribution is 6.30. The first-order valence-electron chi connectivity index (χ1n) is 14.4. The number of carbonyl (C=O) groups is 4. The molecule has 13 nitrogen and oxygen atoms in total. The minimum atomic E-state index is -1.19. The Labute approximate surface area is 258 Å². The number of aromatic nitrogens is 4. The Morgan fingerprint density at radius 2 is 1.84 bits per heavy atom. The summed E-state index contributed by atoms with van der Waals surface area (Å²) >= 11 is 6.18. The highest BCUT2D eigenvalue weighted by atomic mass is 35.5. The number of benzene rings is 2. The van der Waals surface area contributed by atoms with Crippen LogP contribution in [0, 0.1) is 5.92 Å². The summed E-state index contributed by atoms with van der Waals surface area (Å²) in [4.78, 5) is 55.2. The van der Waals surface area contributed by atoms with Crippen molar-refractivity contribution >= 4 is 47.1 Å². The van der Waals surface area contributed by atoms with Crippen molar-refractivity contribution in [1.82, 2.24) is 35.3 Å². The number of tetrazole rings is 1. The lowest BCUT2D eigenvalue weighted by Crippen LogP contribution is -2.47. The van der Waals surface area contributed by atoms with Crippen LogP contribution in [0.15, 0.2) is 54.9 Å². The molecule has 1 aliphatic heterocycles. The molecule has 3 N–H and O–H groups in total. The maximum Gasteiger partial charge on any atom is 0.335 e. The number of hydrogen-bond donors (Lipinski definition) is 3. The number of rotatable bonds is 11. The molecule has 0 bridgehead atoms. The van der Waals surface area contributed by atoms with Gasteiger partial charge in [-0.25, -0.2) is 4.79 Å². The minimum absolute atomic E-state index is 0.0621. The van der Waals surface area contributed by atoms with Crippen molar-refractivity contribution < 1.29 is 24.3 Å². The van der Waals surface area contributed by atoms with Gasteiger partial charge in [0.05, 0.1) is 17.7 Å². The third kappa shape index (κ3) is 8.48. The van der Waals surface area contributed by atoms with Gasteiger partial charge in [0, 0.05) is 48.5 Å². The third-order valence-electron chi connectivity index (χ3n) is 7.57. The SMILES string of the molecule is O=C(/C=C/c1cc(Cl)ccc1-n1cnnn1)N[C@@H](CC(=O)N1CCCN(CC2CC2)CC1)C(=O)Nc1ccc(C(=O)O)cc1. The molecule has 1 aromatic heterocycles. The number of hydrogen-bond acceptors (Lipinski definition) is 8. The zero-order chi connectivity index (χ0) is 31.1. The smallest absolute Gasteiger partial charge is 0.335 e. The molecule has 1 aliphatic carbocycles. The largest absolute Gasteiger partial charge is 0.478 e. The van der Waals surface area contributed by atoms with Crippen molar-refractivity contribution in [3.8, 4) is 5.69 Å². The molecule has 230 valence electrons. The van der Waals surface area contributed by atoms with Gasteiger partial charge in [0.1, 0.15) is 12.4 Å². The molecule has 0 unspecified atom stereocenters. The fraction of sp³-hybridized carbons (Fsp3) is 0.367. The molecule has 3 amide bonds. The molecule has 1 saturated carbocycles. The molecule has 14 heteroatoms. The Kier molecular flexibility index (Phi) is 9.97. The minimum Gasteiger partial charge on any atom is -0.478 e. The predicted octanol–water partition coefficient (Wildman–Crippen LogP) is 2.48. The summed E-state index contributed by atoms with van der Waals surface area (Å²) in [5.41, 5.74) is 1.52. The molecule has 44 heavy (non-hydrogen) atoms. The number of halogens is 1. The molecule has 5 rings (SSSR count). The predicted molar refractivity (Wildman–Crippen MR) is 162 cm³/mol. The number of aromatic carboxylic acids is 1. The van der Waals surface area contributed by atoms with Gasteiger partial charge < -0.3 is 25.5 Å². The maximum atomic E-state index is 13.4. The van der Waals surface area contributed by atoms with Crippen LogP contribution in [-0.2, 0) is 14.4 Å². The van der Waals surface area contributed by atoms with Crippen molar-refractivity contribution in [3.05, 3.63) is 71.0 Å².